The van der Waals surface area contributed by atoms with Crippen molar-refractivity contribution in [3.63, 3.8) is 0 Å². The summed E-state index contributed by atoms with van der Waals surface area (Å²) in [6.45, 7) is 3.78. The highest BCUT2D eigenvalue weighted by Crippen LogP contribution is 2.37. The molecule has 2 aromatic carbocycles. The monoisotopic (exact) mass is 360 g/mol. The highest BCUT2D eigenvalue weighted by molar-refractivity contribution is 6.05. The normalized spacial score (nSPS) is 15.7. The maximum Gasteiger partial charge on any atom is 0.261 e. The first kappa shape index (κ1) is 17.8. The number of carbonyl (C=O) groups excluding carboxylic acids is 2. The summed E-state index contributed by atoms with van der Waals surface area (Å²) in [6, 6.07) is 7.89. The van der Waals surface area contributed by atoms with Crippen LogP contribution in [0.25, 0.3) is 0 Å². The number of nitrogens with one attached hydrogen (secondary N) is 1. The lowest BCUT2D eigenvalue weighted by Crippen LogP contribution is -2.39. The van der Waals surface area contributed by atoms with Gasteiger partial charge in [0, 0.05) is 12.7 Å². The Kier molecular flexibility index (Phi) is 4.39. The molecule has 1 heterocycles. The zero-order valence-corrected chi connectivity index (χ0v) is 14.6. The number of nitrogens with zero attached hydrogens (tertiary/aromatic N) is 1. The molecule has 0 aromatic heterocycles. The van der Waals surface area contributed by atoms with Gasteiger partial charge in [-0.2, -0.15) is 0 Å². The Morgan fingerprint density at radius 2 is 1.85 bits per heavy atom. The van der Waals surface area contributed by atoms with Crippen LogP contribution in [0.2, 0.25) is 0 Å². The number of hydrogen-bond donors (Lipinski definition) is 1. The van der Waals surface area contributed by atoms with Gasteiger partial charge in [-0.25, -0.2) is 8.78 Å². The lowest BCUT2D eigenvalue weighted by Gasteiger charge is -2.24. The minimum atomic E-state index is -0.949. The summed E-state index contributed by atoms with van der Waals surface area (Å²) < 4.78 is 33.2. The quantitative estimate of drug-likeness (QED) is 0.890. The standard InChI is InChI=1S/C19H18F2N2O3/c1-19(2)10-26-15-8-7-11(9-14(15)23(3)18(19)25)22-17(24)16-12(20)5-4-6-13(16)21/h4-9H,10H2,1-3H3,(H,22,24). The summed E-state index contributed by atoms with van der Waals surface area (Å²) >= 11 is 0. The molecule has 0 aliphatic carbocycles. The molecule has 136 valence electrons. The Balaban J connectivity index is 1.92. The predicted molar refractivity (Wildman–Crippen MR) is 93.4 cm³/mol. The van der Waals surface area contributed by atoms with Crippen molar-refractivity contribution in [3.05, 3.63) is 53.6 Å². The second-order valence-corrected chi connectivity index (χ2v) is 6.77. The molecule has 26 heavy (non-hydrogen) atoms. The number of hydrogen-bond acceptors (Lipinski definition) is 3. The summed E-state index contributed by atoms with van der Waals surface area (Å²) in [6.07, 6.45) is 0. The van der Waals surface area contributed by atoms with Gasteiger partial charge in [-0.1, -0.05) is 6.07 Å². The van der Waals surface area contributed by atoms with Crippen LogP contribution in [-0.4, -0.2) is 25.5 Å². The SMILES string of the molecule is CN1C(=O)C(C)(C)COc2ccc(NC(=O)c3c(F)cccc3F)cc21. The summed E-state index contributed by atoms with van der Waals surface area (Å²) in [5.74, 6) is -2.46. The highest BCUT2D eigenvalue weighted by atomic mass is 19.1. The van der Waals surface area contributed by atoms with Gasteiger partial charge in [0.25, 0.3) is 5.91 Å². The average molecular weight is 360 g/mol. The molecule has 0 saturated carbocycles. The number of halogens is 2. The molecule has 1 aliphatic rings. The van der Waals surface area contributed by atoms with E-state index in [-0.39, 0.29) is 12.5 Å². The van der Waals surface area contributed by atoms with E-state index in [0.717, 1.165) is 12.1 Å². The summed E-state index contributed by atoms with van der Waals surface area (Å²) in [5.41, 5.74) is -0.607. The van der Waals surface area contributed by atoms with Gasteiger partial charge in [0.05, 0.1) is 11.1 Å². The van der Waals surface area contributed by atoms with Crippen molar-refractivity contribution in [1.29, 1.82) is 0 Å². The Bertz CT molecular complexity index is 876. The van der Waals surface area contributed by atoms with E-state index in [1.54, 1.807) is 33.0 Å². The zero-order valence-electron chi connectivity index (χ0n) is 14.6. The summed E-state index contributed by atoms with van der Waals surface area (Å²) in [7, 11) is 1.61. The van der Waals surface area contributed by atoms with Gasteiger partial charge in [-0.15, -0.1) is 0 Å². The van der Waals surface area contributed by atoms with Gasteiger partial charge in [-0.3, -0.25) is 9.59 Å². The first-order valence-electron chi connectivity index (χ1n) is 8.01. The topological polar surface area (TPSA) is 58.6 Å². The van der Waals surface area contributed by atoms with Crippen LogP contribution in [0.5, 0.6) is 5.75 Å². The fourth-order valence-electron chi connectivity index (χ4n) is 2.77. The number of rotatable bonds is 2. The molecule has 5 nitrogen and oxygen atoms in total. The van der Waals surface area contributed by atoms with Crippen molar-refractivity contribution in [2.75, 3.05) is 23.9 Å². The van der Waals surface area contributed by atoms with E-state index in [4.69, 9.17) is 4.74 Å². The molecule has 2 aromatic rings. The minimum absolute atomic E-state index is 0.139. The number of ether oxygens (including phenoxy) is 1. The smallest absolute Gasteiger partial charge is 0.261 e. The van der Waals surface area contributed by atoms with E-state index in [9.17, 15) is 18.4 Å². The molecule has 0 saturated heterocycles. The number of anilines is 2. The predicted octanol–water partition coefficient (Wildman–Crippen LogP) is 3.60. The maximum atomic E-state index is 13.8. The summed E-state index contributed by atoms with van der Waals surface area (Å²) in [5, 5.41) is 2.45. The van der Waals surface area contributed by atoms with E-state index in [1.807, 2.05) is 0 Å². The Labute approximate surface area is 149 Å². The molecule has 0 bridgehead atoms. The molecule has 0 unspecified atom stereocenters. The molecular formula is C19H18F2N2O3. The van der Waals surface area contributed by atoms with Crippen molar-refractivity contribution in [2.24, 2.45) is 5.41 Å². The van der Waals surface area contributed by atoms with E-state index in [2.05, 4.69) is 5.32 Å². The van der Waals surface area contributed by atoms with E-state index < -0.39 is 28.5 Å². The van der Waals surface area contributed by atoms with Crippen molar-refractivity contribution < 1.29 is 23.1 Å². The van der Waals surface area contributed by atoms with Gasteiger partial charge in [0.1, 0.15) is 29.6 Å². The van der Waals surface area contributed by atoms with Crippen molar-refractivity contribution in [2.45, 2.75) is 13.8 Å². The van der Waals surface area contributed by atoms with Crippen LogP contribution >= 0.6 is 0 Å². The largest absolute Gasteiger partial charge is 0.490 e. The second-order valence-electron chi connectivity index (χ2n) is 6.77. The zero-order chi connectivity index (χ0) is 19.1. The first-order chi connectivity index (χ1) is 12.2. The van der Waals surface area contributed by atoms with E-state index in [1.165, 1.54) is 17.0 Å². The molecule has 0 fully saturated rings. The van der Waals surface area contributed by atoms with Crippen molar-refractivity contribution in [3.8, 4) is 5.75 Å². The van der Waals surface area contributed by atoms with Crippen molar-refractivity contribution in [1.82, 2.24) is 0 Å². The maximum absolute atomic E-state index is 13.8. The molecule has 7 heteroatoms. The van der Waals surface area contributed by atoms with Crippen LogP contribution in [0.15, 0.2) is 36.4 Å². The number of benzene rings is 2. The van der Waals surface area contributed by atoms with Gasteiger partial charge in [0.2, 0.25) is 5.91 Å². The number of carbonyl (C=O) groups is 2. The fraction of sp³-hybridized carbons (Fsp3) is 0.263. The van der Waals surface area contributed by atoms with Crippen LogP contribution in [0.4, 0.5) is 20.2 Å². The molecule has 1 aliphatic heterocycles. The lowest BCUT2D eigenvalue weighted by atomic mass is 9.93. The van der Waals surface area contributed by atoms with Gasteiger partial charge < -0.3 is 15.0 Å². The number of fused-ring (bicyclic) bond motifs is 1. The third-order valence-electron chi connectivity index (χ3n) is 4.24. The molecule has 0 atom stereocenters. The second kappa shape index (κ2) is 6.40. The van der Waals surface area contributed by atoms with Crippen LogP contribution in [0, 0.1) is 17.0 Å². The molecule has 1 N–H and O–H groups in total. The van der Waals surface area contributed by atoms with Crippen LogP contribution < -0.4 is 15.0 Å². The number of amides is 2. The van der Waals surface area contributed by atoms with Gasteiger partial charge >= 0.3 is 0 Å². The van der Waals surface area contributed by atoms with Crippen molar-refractivity contribution >= 4 is 23.2 Å². The fourth-order valence-corrected chi connectivity index (χ4v) is 2.77. The molecular weight excluding hydrogens is 342 g/mol. The highest BCUT2D eigenvalue weighted by Gasteiger charge is 2.36. The van der Waals surface area contributed by atoms with Gasteiger partial charge in [-0.05, 0) is 44.2 Å². The van der Waals surface area contributed by atoms with Crippen LogP contribution in [-0.2, 0) is 4.79 Å². The summed E-state index contributed by atoms with van der Waals surface area (Å²) in [4.78, 5) is 26.2. The lowest BCUT2D eigenvalue weighted by molar-refractivity contribution is -0.127. The Hall–Kier alpha value is -2.96. The molecule has 0 spiro atoms. The third kappa shape index (κ3) is 3.12. The Morgan fingerprint density at radius 3 is 2.50 bits per heavy atom. The first-order valence-corrected chi connectivity index (χ1v) is 8.01. The third-order valence-corrected chi connectivity index (χ3v) is 4.24. The van der Waals surface area contributed by atoms with Gasteiger partial charge in [0.15, 0.2) is 0 Å². The minimum Gasteiger partial charge on any atom is -0.490 e. The average Bonchev–Trinajstić information content (AvgIpc) is 2.66. The molecule has 0 radical (unpaired) electrons. The van der Waals surface area contributed by atoms with E-state index in [0.29, 0.717) is 17.1 Å². The van der Waals surface area contributed by atoms with Crippen LogP contribution in [0.3, 0.4) is 0 Å². The molecule has 3 rings (SSSR count). The van der Waals surface area contributed by atoms with Crippen LogP contribution in [0.1, 0.15) is 24.2 Å². The Morgan fingerprint density at radius 1 is 1.19 bits per heavy atom. The molecule has 2 amide bonds. The van der Waals surface area contributed by atoms with E-state index >= 15 is 0 Å².